The predicted octanol–water partition coefficient (Wildman–Crippen LogP) is 4.34. The van der Waals surface area contributed by atoms with Crippen LogP contribution in [-0.4, -0.2) is 5.85 Å². The van der Waals surface area contributed by atoms with Gasteiger partial charge in [-0.2, -0.15) is 0 Å². The normalized spacial score (nSPS) is 11.7. The molecule has 1 aromatic rings. The number of rotatable bonds is 5. The van der Waals surface area contributed by atoms with Crippen LogP contribution in [0.25, 0.3) is 0 Å². The molecule has 15 heavy (non-hydrogen) atoms. The van der Waals surface area contributed by atoms with E-state index in [2.05, 4.69) is 35.2 Å². The van der Waals surface area contributed by atoms with Gasteiger partial charge >= 0.3 is 0 Å². The lowest BCUT2D eigenvalue weighted by molar-refractivity contribution is 0.272. The molecule has 0 aromatic heterocycles. The van der Waals surface area contributed by atoms with Crippen LogP contribution in [0, 0.1) is 6.92 Å². The molecule has 0 N–H and O–H groups in total. The molecule has 1 nitrogen and oxygen atoms in total. The molecule has 0 aliphatic carbocycles. The van der Waals surface area contributed by atoms with Crippen molar-refractivity contribution < 1.29 is 4.74 Å². The van der Waals surface area contributed by atoms with E-state index in [0.717, 1.165) is 12.2 Å². The Kier molecular flexibility index (Phi) is 8.09. The van der Waals surface area contributed by atoms with Crippen LogP contribution >= 0.6 is 26.2 Å². The second kappa shape index (κ2) is 8.13. The highest BCUT2D eigenvalue weighted by molar-refractivity contribution is 8.93. The SMILES string of the molecule is Br.CCCCC(P)Oc1cccc(C)c1. The number of hydrogen-bond donors (Lipinski definition) is 0. The molecule has 0 aliphatic heterocycles. The first-order valence-electron chi connectivity index (χ1n) is 5.21. The lowest BCUT2D eigenvalue weighted by Gasteiger charge is -2.14. The molecular formula is C12H20BrOP. The maximum atomic E-state index is 5.76. The lowest BCUT2D eigenvalue weighted by atomic mass is 10.2. The highest BCUT2D eigenvalue weighted by atomic mass is 79.9. The van der Waals surface area contributed by atoms with Crippen LogP contribution in [0.15, 0.2) is 24.3 Å². The number of halogens is 1. The number of ether oxygens (including phenoxy) is 1. The van der Waals surface area contributed by atoms with Gasteiger partial charge in [0.25, 0.3) is 0 Å². The third-order valence-corrected chi connectivity index (χ3v) is 2.59. The Hall–Kier alpha value is -0.0700. The van der Waals surface area contributed by atoms with Crippen molar-refractivity contribution >= 4 is 26.2 Å². The van der Waals surface area contributed by atoms with Crippen molar-refractivity contribution in [1.82, 2.24) is 0 Å². The lowest BCUT2D eigenvalue weighted by Crippen LogP contribution is -2.07. The van der Waals surface area contributed by atoms with Gasteiger partial charge < -0.3 is 4.74 Å². The summed E-state index contributed by atoms with van der Waals surface area (Å²) in [6.07, 6.45) is 3.55. The molecule has 0 saturated heterocycles. The van der Waals surface area contributed by atoms with Gasteiger partial charge in [0.1, 0.15) is 11.6 Å². The molecule has 1 rings (SSSR count). The van der Waals surface area contributed by atoms with E-state index in [1.54, 1.807) is 0 Å². The predicted molar refractivity (Wildman–Crippen MR) is 75.2 cm³/mol. The quantitative estimate of drug-likeness (QED) is 0.733. The van der Waals surface area contributed by atoms with Gasteiger partial charge in [0.05, 0.1) is 0 Å². The molecule has 0 spiro atoms. The summed E-state index contributed by atoms with van der Waals surface area (Å²) in [6, 6.07) is 8.19. The first-order chi connectivity index (χ1) is 6.72. The highest BCUT2D eigenvalue weighted by Gasteiger charge is 2.02. The van der Waals surface area contributed by atoms with E-state index in [0.29, 0.717) is 0 Å². The molecule has 3 heteroatoms. The van der Waals surface area contributed by atoms with Gasteiger partial charge in [-0.05, 0) is 37.5 Å². The average Bonchev–Trinajstić information content (AvgIpc) is 2.15. The first-order valence-corrected chi connectivity index (χ1v) is 5.88. The van der Waals surface area contributed by atoms with E-state index in [4.69, 9.17) is 4.74 Å². The van der Waals surface area contributed by atoms with E-state index < -0.39 is 0 Å². The van der Waals surface area contributed by atoms with Gasteiger partial charge in [0.2, 0.25) is 0 Å². The van der Waals surface area contributed by atoms with Crippen molar-refractivity contribution in [3.63, 3.8) is 0 Å². The fourth-order valence-corrected chi connectivity index (χ4v) is 1.72. The van der Waals surface area contributed by atoms with Crippen LogP contribution in [0.5, 0.6) is 5.75 Å². The molecule has 1 aromatic carbocycles. The van der Waals surface area contributed by atoms with Crippen LogP contribution in [0.4, 0.5) is 0 Å². The molecule has 86 valence electrons. The smallest absolute Gasteiger partial charge is 0.120 e. The van der Waals surface area contributed by atoms with Gasteiger partial charge in [-0.15, -0.1) is 17.0 Å². The van der Waals surface area contributed by atoms with Crippen LogP contribution in [-0.2, 0) is 0 Å². The van der Waals surface area contributed by atoms with Crippen LogP contribution < -0.4 is 4.74 Å². The standard InChI is InChI=1S/C12H19OP.BrH/c1-3-4-8-12(14)13-11-7-5-6-10(2)9-11;/h5-7,9,12H,3-4,8,14H2,1-2H3;1H. The molecule has 0 saturated carbocycles. The summed E-state index contributed by atoms with van der Waals surface area (Å²) in [6.45, 7) is 4.28. The zero-order valence-corrected chi connectivity index (χ0v) is 12.3. The van der Waals surface area contributed by atoms with Crippen molar-refractivity contribution in [2.45, 2.75) is 39.0 Å². The van der Waals surface area contributed by atoms with Crippen LogP contribution in [0.1, 0.15) is 31.7 Å². The van der Waals surface area contributed by atoms with E-state index in [-0.39, 0.29) is 22.8 Å². The van der Waals surface area contributed by atoms with Gasteiger partial charge in [-0.3, -0.25) is 0 Å². The molecule has 2 atom stereocenters. The second-order valence-electron chi connectivity index (χ2n) is 3.62. The van der Waals surface area contributed by atoms with E-state index >= 15 is 0 Å². The number of unbranched alkanes of at least 4 members (excludes halogenated alkanes) is 1. The average molecular weight is 291 g/mol. The molecule has 0 amide bonds. The Morgan fingerprint density at radius 2 is 2.13 bits per heavy atom. The minimum Gasteiger partial charge on any atom is -0.487 e. The third kappa shape index (κ3) is 6.17. The van der Waals surface area contributed by atoms with Crippen molar-refractivity contribution in [2.75, 3.05) is 0 Å². The summed E-state index contributed by atoms with van der Waals surface area (Å²) in [4.78, 5) is 0. The second-order valence-corrected chi connectivity index (χ2v) is 4.36. The van der Waals surface area contributed by atoms with Gasteiger partial charge in [0, 0.05) is 0 Å². The van der Waals surface area contributed by atoms with Gasteiger partial charge in [-0.1, -0.05) is 34.7 Å². The fourth-order valence-electron chi connectivity index (χ4n) is 1.33. The number of benzene rings is 1. The number of hydrogen-bond acceptors (Lipinski definition) is 1. The Balaban J connectivity index is 0.00000196. The molecular weight excluding hydrogens is 271 g/mol. The van der Waals surface area contributed by atoms with E-state index in [9.17, 15) is 0 Å². The maximum absolute atomic E-state index is 5.76. The summed E-state index contributed by atoms with van der Waals surface area (Å²) >= 11 is 0. The summed E-state index contributed by atoms with van der Waals surface area (Å²) in [5.74, 6) is 1.22. The van der Waals surface area contributed by atoms with Crippen molar-refractivity contribution in [3.05, 3.63) is 29.8 Å². The minimum atomic E-state index is 0. The molecule has 0 fully saturated rings. The summed E-state index contributed by atoms with van der Waals surface area (Å²) in [5.41, 5.74) is 1.25. The Morgan fingerprint density at radius 3 is 2.73 bits per heavy atom. The van der Waals surface area contributed by atoms with E-state index in [1.165, 1.54) is 18.4 Å². The Morgan fingerprint density at radius 1 is 1.40 bits per heavy atom. The van der Waals surface area contributed by atoms with Crippen molar-refractivity contribution in [3.8, 4) is 5.75 Å². The minimum absolute atomic E-state index is 0. The maximum Gasteiger partial charge on any atom is 0.120 e. The largest absolute Gasteiger partial charge is 0.487 e. The highest BCUT2D eigenvalue weighted by Crippen LogP contribution is 2.19. The van der Waals surface area contributed by atoms with E-state index in [1.807, 2.05) is 12.1 Å². The van der Waals surface area contributed by atoms with Crippen LogP contribution in [0.2, 0.25) is 0 Å². The molecule has 0 bridgehead atoms. The first kappa shape index (κ1) is 14.9. The molecule has 0 radical (unpaired) electrons. The monoisotopic (exact) mass is 290 g/mol. The zero-order chi connectivity index (χ0) is 10.4. The Bertz CT molecular complexity index is 278. The van der Waals surface area contributed by atoms with Crippen molar-refractivity contribution in [2.24, 2.45) is 0 Å². The van der Waals surface area contributed by atoms with Gasteiger partial charge in [0.15, 0.2) is 0 Å². The summed E-state index contributed by atoms with van der Waals surface area (Å²) < 4.78 is 5.76. The van der Waals surface area contributed by atoms with Crippen LogP contribution in [0.3, 0.4) is 0 Å². The fraction of sp³-hybridized carbons (Fsp3) is 0.500. The summed E-state index contributed by atoms with van der Waals surface area (Å²) in [7, 11) is 2.75. The Labute approximate surface area is 106 Å². The molecule has 0 heterocycles. The van der Waals surface area contributed by atoms with Gasteiger partial charge in [-0.25, -0.2) is 0 Å². The third-order valence-electron chi connectivity index (χ3n) is 2.12. The zero-order valence-electron chi connectivity index (χ0n) is 9.40. The number of aryl methyl sites for hydroxylation is 1. The van der Waals surface area contributed by atoms with Crippen molar-refractivity contribution in [1.29, 1.82) is 0 Å². The molecule has 2 unspecified atom stereocenters. The molecule has 0 aliphatic rings. The summed E-state index contributed by atoms with van der Waals surface area (Å²) in [5, 5.41) is 0. The topological polar surface area (TPSA) is 9.23 Å².